The molecule has 0 N–H and O–H groups in total. The first-order valence-corrected chi connectivity index (χ1v) is 6.95. The van der Waals surface area contributed by atoms with E-state index in [1.165, 1.54) is 6.42 Å². The lowest BCUT2D eigenvalue weighted by molar-refractivity contribution is -0.118. The van der Waals surface area contributed by atoms with Crippen LogP contribution in [0.1, 0.15) is 19.3 Å². The van der Waals surface area contributed by atoms with Crippen LogP contribution in [0, 0.1) is 11.8 Å². The third kappa shape index (κ3) is 2.38. The summed E-state index contributed by atoms with van der Waals surface area (Å²) in [6.45, 7) is 1.53. The van der Waals surface area contributed by atoms with Crippen molar-refractivity contribution >= 4 is 29.0 Å². The smallest absolute Gasteiger partial charge is 0.163 e. The summed E-state index contributed by atoms with van der Waals surface area (Å²) < 4.78 is 0. The van der Waals surface area contributed by atoms with E-state index < -0.39 is 0 Å². The van der Waals surface area contributed by atoms with Crippen molar-refractivity contribution < 1.29 is 4.79 Å². The number of nitrogens with zero attached hydrogens (tertiary/aromatic N) is 1. The van der Waals surface area contributed by atoms with Crippen molar-refractivity contribution in [1.82, 2.24) is 4.90 Å². The lowest BCUT2D eigenvalue weighted by Crippen LogP contribution is -2.25. The topological polar surface area (TPSA) is 20.3 Å². The Hall–Kier alpha value is -0.210. The molecule has 2 atom stereocenters. The van der Waals surface area contributed by atoms with E-state index in [-0.39, 0.29) is 0 Å². The maximum Gasteiger partial charge on any atom is 0.163 e. The number of fused-ring (bicyclic) bond motifs is 2. The highest BCUT2D eigenvalue weighted by Gasteiger charge is 2.42. The molecule has 2 aliphatic rings. The summed E-state index contributed by atoms with van der Waals surface area (Å²) in [7, 11) is 0. The Morgan fingerprint density at radius 2 is 1.81 bits per heavy atom. The predicted octanol–water partition coefficient (Wildman–Crippen LogP) is 2.65. The van der Waals surface area contributed by atoms with Gasteiger partial charge in [0.15, 0.2) is 5.78 Å². The van der Waals surface area contributed by atoms with E-state index in [2.05, 4.69) is 4.90 Å². The molecule has 2 aliphatic carbocycles. The van der Waals surface area contributed by atoms with Gasteiger partial charge in [-0.3, -0.25) is 4.79 Å². The number of hydrogen-bond donors (Lipinski definition) is 0. The van der Waals surface area contributed by atoms with Gasteiger partial charge in [0.2, 0.25) is 0 Å². The van der Waals surface area contributed by atoms with Crippen molar-refractivity contribution in [2.45, 2.75) is 19.3 Å². The first kappa shape index (κ1) is 12.3. The highest BCUT2D eigenvalue weighted by atomic mass is 35.5. The van der Waals surface area contributed by atoms with Crippen molar-refractivity contribution in [3.63, 3.8) is 0 Å². The normalized spacial score (nSPS) is 30.4. The fourth-order valence-electron chi connectivity index (χ4n) is 2.76. The summed E-state index contributed by atoms with van der Waals surface area (Å²) in [6, 6.07) is 0. The van der Waals surface area contributed by atoms with Crippen LogP contribution in [0.5, 0.6) is 0 Å². The van der Waals surface area contributed by atoms with Gasteiger partial charge in [-0.1, -0.05) is 0 Å². The molecule has 16 heavy (non-hydrogen) atoms. The van der Waals surface area contributed by atoms with E-state index >= 15 is 0 Å². The van der Waals surface area contributed by atoms with E-state index in [0.29, 0.717) is 29.4 Å². The van der Waals surface area contributed by atoms with E-state index in [0.717, 1.165) is 31.5 Å². The minimum atomic E-state index is 0.310. The SMILES string of the molecule is O=C1/C(=C\N(CCCl)CCCl)C2CCC1C2. The molecule has 2 fully saturated rings. The molecule has 0 aromatic rings. The zero-order valence-corrected chi connectivity index (χ0v) is 10.8. The van der Waals surface area contributed by atoms with Gasteiger partial charge in [0.05, 0.1) is 0 Å². The first-order valence-electron chi connectivity index (χ1n) is 5.88. The Morgan fingerprint density at radius 3 is 2.31 bits per heavy atom. The second kappa shape index (κ2) is 5.42. The third-order valence-corrected chi connectivity index (χ3v) is 3.93. The van der Waals surface area contributed by atoms with Gasteiger partial charge < -0.3 is 4.90 Å². The molecule has 4 heteroatoms. The average molecular weight is 262 g/mol. The number of halogens is 2. The van der Waals surface area contributed by atoms with Crippen LogP contribution in [0.3, 0.4) is 0 Å². The van der Waals surface area contributed by atoms with Gasteiger partial charge in [-0.15, -0.1) is 23.2 Å². The second-order valence-electron chi connectivity index (χ2n) is 4.57. The third-order valence-electron chi connectivity index (χ3n) is 3.59. The molecule has 2 nitrogen and oxygen atoms in total. The van der Waals surface area contributed by atoms with Crippen LogP contribution >= 0.6 is 23.2 Å². The Morgan fingerprint density at radius 1 is 1.19 bits per heavy atom. The van der Waals surface area contributed by atoms with Crippen molar-refractivity contribution in [3.05, 3.63) is 11.8 Å². The number of alkyl halides is 2. The van der Waals surface area contributed by atoms with Crippen molar-refractivity contribution in [3.8, 4) is 0 Å². The molecule has 2 bridgehead atoms. The van der Waals surface area contributed by atoms with E-state index in [1.807, 2.05) is 6.20 Å². The number of hydrogen-bond acceptors (Lipinski definition) is 2. The molecule has 0 amide bonds. The minimum absolute atomic E-state index is 0.310. The van der Waals surface area contributed by atoms with Crippen LogP contribution in [0.4, 0.5) is 0 Å². The molecule has 0 radical (unpaired) electrons. The van der Waals surface area contributed by atoms with Crippen LogP contribution in [-0.4, -0.2) is 35.5 Å². The lowest BCUT2D eigenvalue weighted by Gasteiger charge is -2.21. The van der Waals surface area contributed by atoms with Crippen LogP contribution < -0.4 is 0 Å². The van der Waals surface area contributed by atoms with Gasteiger partial charge in [0.1, 0.15) is 0 Å². The number of Topliss-reactive ketones (excluding diaryl/α,β-unsaturated/α-hetero) is 1. The maximum absolute atomic E-state index is 12.0. The highest BCUT2D eigenvalue weighted by molar-refractivity contribution is 6.18. The number of ketones is 1. The van der Waals surface area contributed by atoms with Gasteiger partial charge in [-0.25, -0.2) is 0 Å². The van der Waals surface area contributed by atoms with E-state index in [1.54, 1.807) is 0 Å². The summed E-state index contributed by atoms with van der Waals surface area (Å²) in [5, 5.41) is 0. The molecular formula is C12H17Cl2NO. The Labute approximate surface area is 107 Å². The molecule has 0 aromatic carbocycles. The number of carbonyl (C=O) groups excluding carboxylic acids is 1. The molecule has 0 saturated heterocycles. The van der Waals surface area contributed by atoms with Crippen molar-refractivity contribution in [2.75, 3.05) is 24.8 Å². The highest BCUT2D eigenvalue weighted by Crippen LogP contribution is 2.45. The van der Waals surface area contributed by atoms with Gasteiger partial charge in [-0.05, 0) is 25.2 Å². The average Bonchev–Trinajstić information content (AvgIpc) is 2.83. The van der Waals surface area contributed by atoms with E-state index in [4.69, 9.17) is 23.2 Å². The summed E-state index contributed by atoms with van der Waals surface area (Å²) in [4.78, 5) is 14.0. The van der Waals surface area contributed by atoms with Gasteiger partial charge >= 0.3 is 0 Å². The van der Waals surface area contributed by atoms with Gasteiger partial charge in [0, 0.05) is 42.5 Å². The van der Waals surface area contributed by atoms with Crippen LogP contribution in [0.15, 0.2) is 11.8 Å². The van der Waals surface area contributed by atoms with Crippen molar-refractivity contribution in [1.29, 1.82) is 0 Å². The number of rotatable bonds is 5. The molecule has 2 saturated carbocycles. The standard InChI is InChI=1S/C12H17Cl2NO/c13-3-5-15(6-4-14)8-11-9-1-2-10(7-9)12(11)16/h8-10H,1-7H2/b11-8-. The summed E-state index contributed by atoms with van der Waals surface area (Å²) in [5.74, 6) is 2.33. The van der Waals surface area contributed by atoms with Crippen LogP contribution in [0.25, 0.3) is 0 Å². The van der Waals surface area contributed by atoms with Gasteiger partial charge in [0.25, 0.3) is 0 Å². The Bertz CT molecular complexity index is 297. The zero-order chi connectivity index (χ0) is 11.5. The molecule has 90 valence electrons. The largest absolute Gasteiger partial charge is 0.375 e. The summed E-state index contributed by atoms with van der Waals surface area (Å²) >= 11 is 11.5. The first-order chi connectivity index (χ1) is 7.76. The molecule has 0 heterocycles. The van der Waals surface area contributed by atoms with Crippen LogP contribution in [-0.2, 0) is 4.79 Å². The summed E-state index contributed by atoms with van der Waals surface area (Å²) in [5.41, 5.74) is 1.02. The molecule has 2 unspecified atom stereocenters. The predicted molar refractivity (Wildman–Crippen MR) is 66.9 cm³/mol. The van der Waals surface area contributed by atoms with Gasteiger partial charge in [-0.2, -0.15) is 0 Å². The number of allylic oxidation sites excluding steroid dienone is 1. The zero-order valence-electron chi connectivity index (χ0n) is 9.29. The van der Waals surface area contributed by atoms with Crippen LogP contribution in [0.2, 0.25) is 0 Å². The monoisotopic (exact) mass is 261 g/mol. The summed E-state index contributed by atoms with van der Waals surface area (Å²) in [6.07, 6.45) is 5.35. The number of carbonyl (C=O) groups is 1. The fourth-order valence-corrected chi connectivity index (χ4v) is 3.20. The molecule has 0 aromatic heterocycles. The molecular weight excluding hydrogens is 245 g/mol. The van der Waals surface area contributed by atoms with E-state index in [9.17, 15) is 4.79 Å². The second-order valence-corrected chi connectivity index (χ2v) is 5.33. The Balaban J connectivity index is 2.06. The maximum atomic E-state index is 12.0. The quantitative estimate of drug-likeness (QED) is 0.560. The fraction of sp³-hybridized carbons (Fsp3) is 0.750. The molecule has 0 aliphatic heterocycles. The lowest BCUT2D eigenvalue weighted by atomic mass is 9.94. The minimum Gasteiger partial charge on any atom is -0.375 e. The molecule has 2 rings (SSSR count). The molecule has 0 spiro atoms. The van der Waals surface area contributed by atoms with Crippen molar-refractivity contribution in [2.24, 2.45) is 11.8 Å². The Kier molecular flexibility index (Phi) is 4.15.